The van der Waals surface area contributed by atoms with Gasteiger partial charge in [-0.1, -0.05) is 19.9 Å². The van der Waals surface area contributed by atoms with Gasteiger partial charge in [-0.3, -0.25) is 0 Å². The van der Waals surface area contributed by atoms with Crippen molar-refractivity contribution < 1.29 is 4.74 Å². The molecule has 3 heteroatoms. The molecule has 0 saturated carbocycles. The van der Waals surface area contributed by atoms with Crippen LogP contribution in [0.5, 0.6) is 0 Å². The summed E-state index contributed by atoms with van der Waals surface area (Å²) in [5.41, 5.74) is 1.17. The third-order valence-electron chi connectivity index (χ3n) is 2.68. The van der Waals surface area contributed by atoms with Crippen molar-refractivity contribution in [1.29, 1.82) is 0 Å². The van der Waals surface area contributed by atoms with Crippen LogP contribution in [-0.4, -0.2) is 31.3 Å². The Morgan fingerprint density at radius 2 is 2.00 bits per heavy atom. The molecule has 3 nitrogen and oxygen atoms in total. The van der Waals surface area contributed by atoms with Gasteiger partial charge in [-0.2, -0.15) is 0 Å². The van der Waals surface area contributed by atoms with Crippen molar-refractivity contribution in [3.63, 3.8) is 0 Å². The molecule has 0 aromatic carbocycles. The number of ether oxygens (including phenoxy) is 1. The highest BCUT2D eigenvalue weighted by atomic mass is 16.5. The Morgan fingerprint density at radius 3 is 2.67 bits per heavy atom. The van der Waals surface area contributed by atoms with Gasteiger partial charge in [0.15, 0.2) is 0 Å². The first-order valence-electron chi connectivity index (χ1n) is 5.57. The molecule has 0 N–H and O–H groups in total. The van der Waals surface area contributed by atoms with Gasteiger partial charge in [-0.15, -0.1) is 0 Å². The molecule has 0 amide bonds. The molecular weight excluding hydrogens is 188 g/mol. The van der Waals surface area contributed by atoms with E-state index in [4.69, 9.17) is 4.74 Å². The summed E-state index contributed by atoms with van der Waals surface area (Å²) < 4.78 is 5.33. The average Bonchev–Trinajstić information content (AvgIpc) is 2.30. The van der Waals surface area contributed by atoms with Crippen LogP contribution in [0.1, 0.15) is 25.5 Å². The van der Waals surface area contributed by atoms with E-state index >= 15 is 0 Å². The Hall–Kier alpha value is -1.09. The zero-order chi connectivity index (χ0) is 10.7. The average molecular weight is 206 g/mol. The molecule has 1 saturated heterocycles. The monoisotopic (exact) mass is 206 g/mol. The van der Waals surface area contributed by atoms with Gasteiger partial charge in [0.2, 0.25) is 0 Å². The molecule has 0 atom stereocenters. The third kappa shape index (κ3) is 2.48. The molecule has 0 bridgehead atoms. The molecular formula is C12H18N2O. The van der Waals surface area contributed by atoms with Crippen molar-refractivity contribution in [3.05, 3.63) is 23.9 Å². The van der Waals surface area contributed by atoms with Crippen molar-refractivity contribution in [2.24, 2.45) is 0 Å². The van der Waals surface area contributed by atoms with Crippen LogP contribution in [0.2, 0.25) is 0 Å². The Bertz CT molecular complexity index is 319. The number of nitrogens with zero attached hydrogens (tertiary/aromatic N) is 2. The van der Waals surface area contributed by atoms with E-state index in [0.717, 1.165) is 32.1 Å². The number of hydrogen-bond donors (Lipinski definition) is 0. The lowest BCUT2D eigenvalue weighted by atomic mass is 10.1. The van der Waals surface area contributed by atoms with Crippen molar-refractivity contribution in [2.75, 3.05) is 31.2 Å². The van der Waals surface area contributed by atoms with Gasteiger partial charge in [0.25, 0.3) is 0 Å². The van der Waals surface area contributed by atoms with Crippen LogP contribution in [0, 0.1) is 0 Å². The number of aromatic nitrogens is 1. The number of anilines is 1. The van der Waals surface area contributed by atoms with E-state index in [1.165, 1.54) is 5.69 Å². The smallest absolute Gasteiger partial charge is 0.128 e. The highest BCUT2D eigenvalue weighted by Crippen LogP contribution is 2.17. The maximum Gasteiger partial charge on any atom is 0.128 e. The van der Waals surface area contributed by atoms with Crippen LogP contribution in [-0.2, 0) is 4.74 Å². The highest BCUT2D eigenvalue weighted by molar-refractivity contribution is 5.40. The van der Waals surface area contributed by atoms with Gasteiger partial charge < -0.3 is 9.64 Å². The molecule has 0 aliphatic carbocycles. The van der Waals surface area contributed by atoms with Crippen LogP contribution in [0.15, 0.2) is 18.2 Å². The summed E-state index contributed by atoms with van der Waals surface area (Å²) in [6.45, 7) is 7.88. The Morgan fingerprint density at radius 1 is 1.27 bits per heavy atom. The Labute approximate surface area is 91.1 Å². The molecule has 1 aliphatic rings. The quantitative estimate of drug-likeness (QED) is 0.740. The topological polar surface area (TPSA) is 25.4 Å². The highest BCUT2D eigenvalue weighted by Gasteiger charge is 2.12. The van der Waals surface area contributed by atoms with E-state index in [-0.39, 0.29) is 0 Å². The third-order valence-corrected chi connectivity index (χ3v) is 2.68. The summed E-state index contributed by atoms with van der Waals surface area (Å²) in [6.07, 6.45) is 0. The molecule has 1 aromatic rings. The van der Waals surface area contributed by atoms with Crippen LogP contribution in [0.3, 0.4) is 0 Å². The maximum atomic E-state index is 5.33. The van der Waals surface area contributed by atoms with E-state index in [0.29, 0.717) is 5.92 Å². The Kier molecular flexibility index (Phi) is 3.21. The fourth-order valence-electron chi connectivity index (χ4n) is 1.73. The number of morpholine rings is 1. The van der Waals surface area contributed by atoms with E-state index in [1.54, 1.807) is 0 Å². The standard InChI is InChI=1S/C12H18N2O/c1-10(2)11-4-3-5-12(13-11)14-6-8-15-9-7-14/h3-5,10H,6-9H2,1-2H3. The molecule has 15 heavy (non-hydrogen) atoms. The minimum atomic E-state index is 0.492. The summed E-state index contributed by atoms with van der Waals surface area (Å²) in [4.78, 5) is 6.95. The second-order valence-electron chi connectivity index (χ2n) is 4.17. The summed E-state index contributed by atoms with van der Waals surface area (Å²) in [5, 5.41) is 0. The fourth-order valence-corrected chi connectivity index (χ4v) is 1.73. The predicted octanol–water partition coefficient (Wildman–Crippen LogP) is 2.04. The molecule has 2 rings (SSSR count). The molecule has 0 unspecified atom stereocenters. The minimum absolute atomic E-state index is 0.492. The zero-order valence-corrected chi connectivity index (χ0v) is 9.44. The van der Waals surface area contributed by atoms with E-state index in [9.17, 15) is 0 Å². The summed E-state index contributed by atoms with van der Waals surface area (Å²) in [6, 6.07) is 6.26. The summed E-state index contributed by atoms with van der Waals surface area (Å²) >= 11 is 0. The largest absolute Gasteiger partial charge is 0.378 e. The molecule has 1 fully saturated rings. The van der Waals surface area contributed by atoms with E-state index in [2.05, 4.69) is 41.9 Å². The first-order valence-corrected chi connectivity index (χ1v) is 5.57. The van der Waals surface area contributed by atoms with Gasteiger partial charge in [-0.05, 0) is 18.1 Å². The molecule has 0 radical (unpaired) electrons. The summed E-state index contributed by atoms with van der Waals surface area (Å²) in [7, 11) is 0. The first kappa shape index (κ1) is 10.4. The van der Waals surface area contributed by atoms with Gasteiger partial charge in [0.1, 0.15) is 5.82 Å². The van der Waals surface area contributed by atoms with Gasteiger partial charge in [0.05, 0.1) is 13.2 Å². The van der Waals surface area contributed by atoms with Crippen molar-refractivity contribution in [2.45, 2.75) is 19.8 Å². The van der Waals surface area contributed by atoms with Crippen LogP contribution < -0.4 is 4.90 Å². The second-order valence-corrected chi connectivity index (χ2v) is 4.17. The van der Waals surface area contributed by atoms with Gasteiger partial charge >= 0.3 is 0 Å². The molecule has 1 aromatic heterocycles. The normalized spacial score (nSPS) is 17.1. The van der Waals surface area contributed by atoms with Crippen LogP contribution in [0.4, 0.5) is 5.82 Å². The van der Waals surface area contributed by atoms with Gasteiger partial charge in [-0.25, -0.2) is 4.98 Å². The lowest BCUT2D eigenvalue weighted by molar-refractivity contribution is 0.122. The van der Waals surface area contributed by atoms with Crippen molar-refractivity contribution >= 4 is 5.82 Å². The van der Waals surface area contributed by atoms with E-state index < -0.39 is 0 Å². The fraction of sp³-hybridized carbons (Fsp3) is 0.583. The zero-order valence-electron chi connectivity index (χ0n) is 9.44. The number of rotatable bonds is 2. The minimum Gasteiger partial charge on any atom is -0.378 e. The second kappa shape index (κ2) is 4.62. The Balaban J connectivity index is 2.16. The molecule has 1 aliphatic heterocycles. The lowest BCUT2D eigenvalue weighted by Gasteiger charge is -2.28. The lowest BCUT2D eigenvalue weighted by Crippen LogP contribution is -2.36. The molecule has 0 spiro atoms. The number of pyridine rings is 1. The molecule has 82 valence electrons. The predicted molar refractivity (Wildman–Crippen MR) is 61.4 cm³/mol. The molecule has 2 heterocycles. The SMILES string of the molecule is CC(C)c1cccc(N2CCOCC2)n1. The first-order chi connectivity index (χ1) is 7.27. The van der Waals surface area contributed by atoms with Crippen molar-refractivity contribution in [3.8, 4) is 0 Å². The summed E-state index contributed by atoms with van der Waals surface area (Å²) in [5.74, 6) is 1.58. The van der Waals surface area contributed by atoms with Crippen molar-refractivity contribution in [1.82, 2.24) is 4.98 Å². The maximum absolute atomic E-state index is 5.33. The van der Waals surface area contributed by atoms with Crippen LogP contribution >= 0.6 is 0 Å². The van der Waals surface area contributed by atoms with Gasteiger partial charge in [0, 0.05) is 18.8 Å². The number of hydrogen-bond acceptors (Lipinski definition) is 3. The van der Waals surface area contributed by atoms with Crippen LogP contribution in [0.25, 0.3) is 0 Å². The van der Waals surface area contributed by atoms with E-state index in [1.807, 2.05) is 0 Å².